The van der Waals surface area contributed by atoms with Gasteiger partial charge in [0.25, 0.3) is 0 Å². The van der Waals surface area contributed by atoms with Crippen molar-refractivity contribution in [1.29, 1.82) is 0 Å². The minimum atomic E-state index is -1.03. The van der Waals surface area contributed by atoms with Gasteiger partial charge >= 0.3 is 5.97 Å². The van der Waals surface area contributed by atoms with Gasteiger partial charge in [-0.2, -0.15) is 0 Å². The lowest BCUT2D eigenvalue weighted by molar-refractivity contribution is -0.137. The van der Waals surface area contributed by atoms with E-state index in [0.29, 0.717) is 12.8 Å². The number of hydrogen-bond donors (Lipinski definition) is 2. The van der Waals surface area contributed by atoms with Crippen LogP contribution >= 0.6 is 21.6 Å². The molecule has 0 fully saturated rings. The molecule has 3 rings (SSSR count). The molecule has 0 saturated heterocycles. The van der Waals surface area contributed by atoms with Gasteiger partial charge in [0.1, 0.15) is 6.04 Å². The van der Waals surface area contributed by atoms with E-state index in [9.17, 15) is 13.6 Å². The number of fused-ring (bicyclic) bond motifs is 1. The van der Waals surface area contributed by atoms with Crippen LogP contribution in [-0.2, 0) is 17.6 Å². The summed E-state index contributed by atoms with van der Waals surface area (Å²) in [7, 11) is 2.70. The molecule has 0 spiro atoms. The summed E-state index contributed by atoms with van der Waals surface area (Å²) in [5.41, 5.74) is 7.16. The molecule has 0 amide bonds. The molecule has 25 heavy (non-hydrogen) atoms. The molecule has 0 saturated carbocycles. The van der Waals surface area contributed by atoms with Crippen LogP contribution in [0, 0.1) is 11.6 Å². The highest BCUT2D eigenvalue weighted by Gasteiger charge is 2.24. The molecule has 1 heterocycles. The number of halogens is 2. The third-order valence-electron chi connectivity index (χ3n) is 4.17. The van der Waals surface area contributed by atoms with E-state index in [1.807, 2.05) is 10.8 Å². The largest absolute Gasteiger partial charge is 0.480 e. The number of nitrogens with two attached hydrogens (primary N) is 1. The van der Waals surface area contributed by atoms with E-state index in [-0.39, 0.29) is 11.8 Å². The fourth-order valence-corrected chi connectivity index (χ4v) is 5.05. The molecular weight excluding hydrogens is 368 g/mol. The monoisotopic (exact) mass is 385 g/mol. The van der Waals surface area contributed by atoms with Gasteiger partial charge < -0.3 is 15.4 Å². The minimum absolute atomic E-state index is 0.108. The van der Waals surface area contributed by atoms with E-state index in [1.165, 1.54) is 33.7 Å². The molecule has 0 radical (unpaired) electrons. The Morgan fingerprint density at radius 2 is 2.12 bits per heavy atom. The van der Waals surface area contributed by atoms with Gasteiger partial charge in [-0.15, -0.1) is 0 Å². The number of rotatable bonds is 6. The molecule has 1 aliphatic carbocycles. The fourth-order valence-electron chi connectivity index (χ4n) is 2.84. The van der Waals surface area contributed by atoms with Crippen LogP contribution in [0.4, 0.5) is 8.78 Å². The lowest BCUT2D eigenvalue weighted by Gasteiger charge is -2.27. The van der Waals surface area contributed by atoms with Gasteiger partial charge in [-0.1, -0.05) is 10.8 Å². The Bertz CT molecular complexity index is 785. The topological polar surface area (TPSA) is 81.1 Å². The molecule has 1 aromatic heterocycles. The summed E-state index contributed by atoms with van der Waals surface area (Å²) in [4.78, 5) is 15.1. The highest BCUT2D eigenvalue weighted by molar-refractivity contribution is 8.76. The Hall–Kier alpha value is -1.58. The maximum Gasteiger partial charge on any atom is 0.321 e. The summed E-state index contributed by atoms with van der Waals surface area (Å²) in [6.07, 6.45) is 5.63. The standard InChI is InChI=1S/C16H17F2N3O2S2/c17-12-6-9-1-2-11(5-10(9)7-13(12)18)21-4-3-20-16(21)25-24-8-14(19)15(22)23/h3-4,6-7,11,14H,1-2,5,8,19H2,(H,22,23). The molecule has 2 unspecified atom stereocenters. The number of aliphatic carboxylic acids is 1. The highest BCUT2D eigenvalue weighted by Crippen LogP contribution is 2.36. The van der Waals surface area contributed by atoms with E-state index in [4.69, 9.17) is 10.8 Å². The van der Waals surface area contributed by atoms with Gasteiger partial charge in [0, 0.05) is 24.2 Å². The van der Waals surface area contributed by atoms with Gasteiger partial charge in [0.05, 0.1) is 0 Å². The van der Waals surface area contributed by atoms with Crippen molar-refractivity contribution in [2.75, 3.05) is 5.75 Å². The quantitative estimate of drug-likeness (QED) is 0.744. The van der Waals surface area contributed by atoms with Crippen LogP contribution in [0.3, 0.4) is 0 Å². The Kier molecular flexibility index (Phi) is 5.65. The van der Waals surface area contributed by atoms with Crippen molar-refractivity contribution >= 4 is 27.6 Å². The average Bonchev–Trinajstić information content (AvgIpc) is 3.04. The van der Waals surface area contributed by atoms with E-state index in [1.54, 1.807) is 6.20 Å². The predicted octanol–water partition coefficient (Wildman–Crippen LogP) is 3.04. The summed E-state index contributed by atoms with van der Waals surface area (Å²) in [6.45, 7) is 0. The van der Waals surface area contributed by atoms with Crippen LogP contribution in [0.2, 0.25) is 0 Å². The van der Waals surface area contributed by atoms with Crippen molar-refractivity contribution < 1.29 is 18.7 Å². The van der Waals surface area contributed by atoms with Crippen LogP contribution in [0.5, 0.6) is 0 Å². The summed E-state index contributed by atoms with van der Waals surface area (Å²) < 4.78 is 28.9. The van der Waals surface area contributed by atoms with Crippen LogP contribution in [0.25, 0.3) is 0 Å². The van der Waals surface area contributed by atoms with Crippen molar-refractivity contribution in [3.63, 3.8) is 0 Å². The molecule has 0 aliphatic heterocycles. The van der Waals surface area contributed by atoms with Gasteiger partial charge in [0.2, 0.25) is 0 Å². The Labute approximate surface area is 151 Å². The molecule has 1 aliphatic rings. The zero-order valence-electron chi connectivity index (χ0n) is 13.2. The van der Waals surface area contributed by atoms with E-state index in [2.05, 4.69) is 4.98 Å². The number of benzene rings is 1. The zero-order chi connectivity index (χ0) is 18.0. The van der Waals surface area contributed by atoms with Gasteiger partial charge in [0.15, 0.2) is 16.8 Å². The number of imidazole rings is 1. The van der Waals surface area contributed by atoms with Gasteiger partial charge in [-0.05, 0) is 53.3 Å². The molecule has 3 N–H and O–H groups in total. The fraction of sp³-hybridized carbons (Fsp3) is 0.375. The Morgan fingerprint density at radius 3 is 2.84 bits per heavy atom. The summed E-state index contributed by atoms with van der Waals surface area (Å²) in [6, 6.07) is 1.76. The van der Waals surface area contributed by atoms with Crippen molar-refractivity contribution in [2.45, 2.75) is 36.5 Å². The number of carbonyl (C=O) groups is 1. The number of carboxylic acid groups (broad SMARTS) is 1. The average molecular weight is 385 g/mol. The van der Waals surface area contributed by atoms with Crippen molar-refractivity contribution in [3.05, 3.63) is 47.3 Å². The summed E-state index contributed by atoms with van der Waals surface area (Å²) in [5, 5.41) is 9.56. The first kappa shape index (κ1) is 18.2. The second kappa shape index (κ2) is 7.76. The number of carboxylic acids is 1. The van der Waals surface area contributed by atoms with Crippen LogP contribution in [0.15, 0.2) is 29.7 Å². The Balaban J connectivity index is 1.68. The molecule has 134 valence electrons. The molecule has 0 bridgehead atoms. The number of hydrogen-bond acceptors (Lipinski definition) is 5. The first-order valence-corrected chi connectivity index (χ1v) is 10.0. The van der Waals surface area contributed by atoms with Gasteiger partial charge in [-0.25, -0.2) is 13.8 Å². The van der Waals surface area contributed by atoms with Crippen molar-refractivity contribution in [3.8, 4) is 0 Å². The predicted molar refractivity (Wildman–Crippen MR) is 93.6 cm³/mol. The Morgan fingerprint density at radius 1 is 1.40 bits per heavy atom. The molecule has 2 aromatic rings. The highest BCUT2D eigenvalue weighted by atomic mass is 33.1. The number of nitrogens with zero attached hydrogens (tertiary/aromatic N) is 2. The van der Waals surface area contributed by atoms with Crippen LogP contribution in [-0.4, -0.2) is 32.4 Å². The smallest absolute Gasteiger partial charge is 0.321 e. The normalized spacial score (nSPS) is 18.0. The second-order valence-electron chi connectivity index (χ2n) is 5.86. The number of aromatic nitrogens is 2. The van der Waals surface area contributed by atoms with Gasteiger partial charge in [-0.3, -0.25) is 4.79 Å². The molecular formula is C16H17F2N3O2S2. The van der Waals surface area contributed by atoms with Crippen LogP contribution in [0.1, 0.15) is 23.6 Å². The minimum Gasteiger partial charge on any atom is -0.480 e. The molecule has 1 aromatic carbocycles. The lowest BCUT2D eigenvalue weighted by Crippen LogP contribution is -2.32. The summed E-state index contributed by atoms with van der Waals surface area (Å²) in [5.74, 6) is -2.39. The first-order valence-electron chi connectivity index (χ1n) is 7.73. The van der Waals surface area contributed by atoms with Crippen LogP contribution < -0.4 is 5.73 Å². The molecule has 2 atom stereocenters. The third-order valence-corrected chi connectivity index (χ3v) is 6.46. The maximum absolute atomic E-state index is 13.5. The first-order chi connectivity index (χ1) is 12.0. The summed E-state index contributed by atoms with van der Waals surface area (Å²) >= 11 is 0. The molecule has 9 heteroatoms. The zero-order valence-corrected chi connectivity index (χ0v) is 14.8. The van der Waals surface area contributed by atoms with E-state index in [0.717, 1.165) is 22.7 Å². The van der Waals surface area contributed by atoms with E-state index < -0.39 is 23.6 Å². The second-order valence-corrected chi connectivity index (χ2v) is 8.17. The van der Waals surface area contributed by atoms with Crippen molar-refractivity contribution in [2.24, 2.45) is 5.73 Å². The number of aryl methyl sites for hydroxylation is 1. The van der Waals surface area contributed by atoms with E-state index >= 15 is 0 Å². The molecule has 5 nitrogen and oxygen atoms in total. The van der Waals surface area contributed by atoms with Crippen molar-refractivity contribution in [1.82, 2.24) is 9.55 Å². The SMILES string of the molecule is NC(CSSc1nccn1C1CCc2cc(F)c(F)cc2C1)C(=O)O. The maximum atomic E-state index is 13.5. The lowest BCUT2D eigenvalue weighted by atomic mass is 9.88. The third kappa shape index (κ3) is 4.16.